The minimum Gasteiger partial charge on any atom is -0.334 e. The Kier molecular flexibility index (Phi) is 3.32. The van der Waals surface area contributed by atoms with E-state index in [0.29, 0.717) is 5.69 Å². The summed E-state index contributed by atoms with van der Waals surface area (Å²) in [4.78, 5) is 17.7. The molecule has 0 atom stereocenters. The van der Waals surface area contributed by atoms with Crippen molar-refractivity contribution in [2.75, 3.05) is 5.32 Å². The fraction of sp³-hybridized carbons (Fsp3) is 0.0667. The van der Waals surface area contributed by atoms with E-state index < -0.39 is 17.9 Å². The first-order valence-corrected chi connectivity index (χ1v) is 6.37. The van der Waals surface area contributed by atoms with Gasteiger partial charge in [-0.3, -0.25) is 4.79 Å². The molecule has 1 aromatic heterocycles. The lowest BCUT2D eigenvalue weighted by atomic mass is 10.2. The van der Waals surface area contributed by atoms with Gasteiger partial charge in [0.1, 0.15) is 0 Å². The molecular weight excluding hydrogens is 295 g/mol. The topological polar surface area (TPSA) is 57.8 Å². The number of hydrogen-bond acceptors (Lipinski definition) is 2. The first kappa shape index (κ1) is 14.1. The lowest BCUT2D eigenvalue weighted by Gasteiger charge is -2.04. The number of halogens is 3. The average Bonchev–Trinajstić information content (AvgIpc) is 2.91. The van der Waals surface area contributed by atoms with Crippen LogP contribution in [-0.2, 0) is 6.18 Å². The van der Waals surface area contributed by atoms with Crippen molar-refractivity contribution >= 4 is 22.6 Å². The normalized spacial score (nSPS) is 11.6. The van der Waals surface area contributed by atoms with Crippen LogP contribution in [0, 0.1) is 0 Å². The number of amides is 1. The second kappa shape index (κ2) is 5.18. The number of aromatic amines is 1. The Hall–Kier alpha value is -2.83. The summed E-state index contributed by atoms with van der Waals surface area (Å²) in [5.74, 6) is -1.49. The summed E-state index contributed by atoms with van der Waals surface area (Å²) in [6.07, 6.45) is -4.55. The number of benzene rings is 2. The SMILES string of the molecule is O=C(Nc1ccccc1)c1ccc2nc(C(F)(F)F)[nH]c2c1. The first-order chi connectivity index (χ1) is 10.4. The third kappa shape index (κ3) is 2.78. The second-order valence-electron chi connectivity index (χ2n) is 4.64. The highest BCUT2D eigenvalue weighted by Crippen LogP contribution is 2.28. The lowest BCUT2D eigenvalue weighted by molar-refractivity contribution is -0.144. The van der Waals surface area contributed by atoms with Crippen LogP contribution in [0.25, 0.3) is 11.0 Å². The number of hydrogen-bond donors (Lipinski definition) is 2. The molecule has 0 saturated heterocycles. The lowest BCUT2D eigenvalue weighted by Crippen LogP contribution is -2.11. The molecule has 112 valence electrons. The molecule has 22 heavy (non-hydrogen) atoms. The van der Waals surface area contributed by atoms with Crippen LogP contribution in [0.15, 0.2) is 48.5 Å². The molecule has 0 aliphatic rings. The summed E-state index contributed by atoms with van der Waals surface area (Å²) >= 11 is 0. The van der Waals surface area contributed by atoms with E-state index in [0.717, 1.165) is 0 Å². The molecule has 1 heterocycles. The van der Waals surface area contributed by atoms with Gasteiger partial charge in [0.05, 0.1) is 11.0 Å². The Morgan fingerprint density at radius 1 is 1.09 bits per heavy atom. The van der Waals surface area contributed by atoms with E-state index in [4.69, 9.17) is 0 Å². The fourth-order valence-corrected chi connectivity index (χ4v) is 2.01. The quantitative estimate of drug-likeness (QED) is 0.756. The molecule has 2 aromatic carbocycles. The number of para-hydroxylation sites is 1. The van der Waals surface area contributed by atoms with Crippen LogP contribution in [0.4, 0.5) is 18.9 Å². The molecule has 2 N–H and O–H groups in total. The molecule has 1 amide bonds. The van der Waals surface area contributed by atoms with Gasteiger partial charge < -0.3 is 10.3 Å². The zero-order chi connectivity index (χ0) is 15.7. The molecule has 0 radical (unpaired) electrons. The van der Waals surface area contributed by atoms with Crippen molar-refractivity contribution in [2.45, 2.75) is 6.18 Å². The molecule has 3 aromatic rings. The number of aromatic nitrogens is 2. The monoisotopic (exact) mass is 305 g/mol. The molecule has 0 fully saturated rings. The maximum atomic E-state index is 12.6. The van der Waals surface area contributed by atoms with E-state index >= 15 is 0 Å². The Labute approximate surface area is 123 Å². The average molecular weight is 305 g/mol. The molecule has 0 saturated carbocycles. The molecule has 0 aliphatic carbocycles. The predicted octanol–water partition coefficient (Wildman–Crippen LogP) is 3.83. The van der Waals surface area contributed by atoms with Crippen molar-refractivity contribution in [3.8, 4) is 0 Å². The van der Waals surface area contributed by atoms with Gasteiger partial charge in [-0.05, 0) is 30.3 Å². The highest BCUT2D eigenvalue weighted by atomic mass is 19.4. The molecule has 4 nitrogen and oxygen atoms in total. The van der Waals surface area contributed by atoms with Crippen molar-refractivity contribution in [1.29, 1.82) is 0 Å². The third-order valence-electron chi connectivity index (χ3n) is 3.04. The van der Waals surface area contributed by atoms with Gasteiger partial charge in [0.25, 0.3) is 5.91 Å². The minimum absolute atomic E-state index is 0.156. The van der Waals surface area contributed by atoms with Gasteiger partial charge in [0, 0.05) is 11.3 Å². The third-order valence-corrected chi connectivity index (χ3v) is 3.04. The molecule has 0 aliphatic heterocycles. The van der Waals surface area contributed by atoms with Crippen molar-refractivity contribution < 1.29 is 18.0 Å². The Balaban J connectivity index is 1.90. The van der Waals surface area contributed by atoms with Crippen molar-refractivity contribution in [3.63, 3.8) is 0 Å². The first-order valence-electron chi connectivity index (χ1n) is 6.37. The number of imidazole rings is 1. The highest BCUT2D eigenvalue weighted by Gasteiger charge is 2.34. The zero-order valence-electron chi connectivity index (χ0n) is 11.1. The highest BCUT2D eigenvalue weighted by molar-refractivity contribution is 6.05. The van der Waals surface area contributed by atoms with Crippen LogP contribution in [-0.4, -0.2) is 15.9 Å². The van der Waals surface area contributed by atoms with E-state index in [9.17, 15) is 18.0 Å². The van der Waals surface area contributed by atoms with E-state index in [2.05, 4.69) is 15.3 Å². The van der Waals surface area contributed by atoms with Crippen LogP contribution < -0.4 is 5.32 Å². The summed E-state index contributed by atoms with van der Waals surface area (Å²) < 4.78 is 37.8. The van der Waals surface area contributed by atoms with Crippen LogP contribution in [0.5, 0.6) is 0 Å². The maximum Gasteiger partial charge on any atom is 0.449 e. The summed E-state index contributed by atoms with van der Waals surface area (Å²) in [5, 5.41) is 2.66. The van der Waals surface area contributed by atoms with Crippen molar-refractivity contribution in [2.24, 2.45) is 0 Å². The molecule has 3 rings (SSSR count). The Bertz CT molecular complexity index is 825. The van der Waals surface area contributed by atoms with Crippen LogP contribution in [0.3, 0.4) is 0 Å². The van der Waals surface area contributed by atoms with Gasteiger partial charge in [-0.1, -0.05) is 18.2 Å². The number of carbonyl (C=O) groups excluding carboxylic acids is 1. The number of nitrogens with zero attached hydrogens (tertiary/aromatic N) is 1. The largest absolute Gasteiger partial charge is 0.449 e. The molecule has 0 unspecified atom stereocenters. The minimum atomic E-state index is -4.55. The number of nitrogens with one attached hydrogen (secondary N) is 2. The van der Waals surface area contributed by atoms with E-state index in [1.165, 1.54) is 18.2 Å². The number of anilines is 1. The second-order valence-corrected chi connectivity index (χ2v) is 4.64. The number of carbonyl (C=O) groups is 1. The van der Waals surface area contributed by atoms with Gasteiger partial charge in [-0.25, -0.2) is 4.98 Å². The summed E-state index contributed by atoms with van der Waals surface area (Å²) in [5.41, 5.74) is 1.17. The fourth-order valence-electron chi connectivity index (χ4n) is 2.01. The van der Waals surface area contributed by atoms with Gasteiger partial charge >= 0.3 is 6.18 Å². The predicted molar refractivity (Wildman–Crippen MR) is 75.5 cm³/mol. The number of fused-ring (bicyclic) bond motifs is 1. The molecule has 0 bridgehead atoms. The molecule has 7 heteroatoms. The van der Waals surface area contributed by atoms with Gasteiger partial charge in [-0.15, -0.1) is 0 Å². The van der Waals surface area contributed by atoms with Crippen molar-refractivity contribution in [3.05, 3.63) is 59.9 Å². The summed E-state index contributed by atoms with van der Waals surface area (Å²) in [6, 6.07) is 12.9. The maximum absolute atomic E-state index is 12.6. The van der Waals surface area contributed by atoms with Gasteiger partial charge in [0.15, 0.2) is 0 Å². The Morgan fingerprint density at radius 3 is 2.50 bits per heavy atom. The zero-order valence-corrected chi connectivity index (χ0v) is 11.1. The number of H-pyrrole nitrogens is 1. The molecule has 0 spiro atoms. The number of rotatable bonds is 2. The van der Waals surface area contributed by atoms with Crippen LogP contribution in [0.2, 0.25) is 0 Å². The van der Waals surface area contributed by atoms with E-state index in [1.54, 1.807) is 24.3 Å². The summed E-state index contributed by atoms with van der Waals surface area (Å²) in [6.45, 7) is 0. The van der Waals surface area contributed by atoms with Gasteiger partial charge in [-0.2, -0.15) is 13.2 Å². The Morgan fingerprint density at radius 2 is 1.82 bits per heavy atom. The standard InChI is InChI=1S/C15H10F3N3O/c16-15(17,18)14-20-11-7-6-9(8-12(11)21-14)13(22)19-10-4-2-1-3-5-10/h1-8H,(H,19,22)(H,20,21). The molecular formula is C15H10F3N3O. The van der Waals surface area contributed by atoms with E-state index in [-0.39, 0.29) is 16.6 Å². The summed E-state index contributed by atoms with van der Waals surface area (Å²) in [7, 11) is 0. The van der Waals surface area contributed by atoms with Crippen LogP contribution in [0.1, 0.15) is 16.2 Å². The van der Waals surface area contributed by atoms with Crippen LogP contribution >= 0.6 is 0 Å². The van der Waals surface area contributed by atoms with E-state index in [1.807, 2.05) is 6.07 Å². The van der Waals surface area contributed by atoms with Gasteiger partial charge in [0.2, 0.25) is 5.82 Å². The number of alkyl halides is 3. The smallest absolute Gasteiger partial charge is 0.334 e. The van der Waals surface area contributed by atoms with Crippen molar-refractivity contribution in [1.82, 2.24) is 9.97 Å².